The van der Waals surface area contributed by atoms with Crippen molar-refractivity contribution >= 4 is 11.6 Å². The number of aliphatic hydroxyl groups is 1. The number of hydrazine groups is 1. The molecule has 1 atom stereocenters. The Kier molecular flexibility index (Phi) is 6.47. The fourth-order valence-corrected chi connectivity index (χ4v) is 1.77. The van der Waals surface area contributed by atoms with Gasteiger partial charge in [0.2, 0.25) is 0 Å². The third-order valence-corrected chi connectivity index (χ3v) is 2.87. The number of hydrogen-bond acceptors (Lipinski definition) is 7. The Morgan fingerprint density at radius 3 is 2.76 bits per heavy atom. The summed E-state index contributed by atoms with van der Waals surface area (Å²) in [5.41, 5.74) is 2.94. The van der Waals surface area contributed by atoms with Gasteiger partial charge < -0.3 is 20.2 Å². The predicted molar refractivity (Wildman–Crippen MR) is 78.8 cm³/mol. The van der Waals surface area contributed by atoms with Crippen LogP contribution in [-0.4, -0.2) is 59.3 Å². The van der Waals surface area contributed by atoms with Gasteiger partial charge in [0, 0.05) is 26.6 Å². The first-order chi connectivity index (χ1) is 9.90. The van der Waals surface area contributed by atoms with Crippen molar-refractivity contribution in [2.45, 2.75) is 25.9 Å². The molecule has 8 nitrogen and oxygen atoms in total. The molecular weight excluding hydrogens is 274 g/mol. The Morgan fingerprint density at radius 2 is 2.24 bits per heavy atom. The van der Waals surface area contributed by atoms with Gasteiger partial charge in [-0.25, -0.2) is 9.97 Å². The average molecular weight is 297 g/mol. The predicted octanol–water partition coefficient (Wildman–Crippen LogP) is -0.0351. The zero-order valence-electron chi connectivity index (χ0n) is 12.8. The molecule has 0 bridgehead atoms. The third kappa shape index (κ3) is 4.62. The maximum Gasteiger partial charge on any atom is 0.274 e. The smallest absolute Gasteiger partial charge is 0.274 e. The molecule has 0 aliphatic heterocycles. The van der Waals surface area contributed by atoms with Crippen LogP contribution < -0.4 is 11.3 Å². The van der Waals surface area contributed by atoms with E-state index in [9.17, 15) is 9.90 Å². The van der Waals surface area contributed by atoms with Crippen LogP contribution in [0.4, 0.5) is 5.69 Å². The molecule has 1 unspecified atom stereocenters. The van der Waals surface area contributed by atoms with Gasteiger partial charge in [-0.05, 0) is 0 Å². The fraction of sp³-hybridized carbons (Fsp3) is 0.615. The Morgan fingerprint density at radius 1 is 1.57 bits per heavy atom. The highest BCUT2D eigenvalue weighted by molar-refractivity contribution is 5.97. The number of nitrogens with two attached hydrogens (primary N) is 1. The number of nitrogens with one attached hydrogen (secondary N) is 1. The van der Waals surface area contributed by atoms with Crippen molar-refractivity contribution in [3.05, 3.63) is 17.7 Å². The first-order valence-corrected chi connectivity index (χ1v) is 6.66. The van der Waals surface area contributed by atoms with Crippen LogP contribution in [-0.2, 0) is 4.74 Å². The van der Waals surface area contributed by atoms with Crippen LogP contribution >= 0.6 is 0 Å². The Bertz CT molecular complexity index is 481. The van der Waals surface area contributed by atoms with Gasteiger partial charge in [-0.1, -0.05) is 13.8 Å². The second-order valence-corrected chi connectivity index (χ2v) is 5.08. The van der Waals surface area contributed by atoms with E-state index in [1.54, 1.807) is 7.05 Å². The lowest BCUT2D eigenvalue weighted by Gasteiger charge is -2.21. The number of amides is 1. The normalized spacial score (nSPS) is 12.3. The van der Waals surface area contributed by atoms with Crippen molar-refractivity contribution in [2.75, 3.05) is 32.7 Å². The molecule has 0 aliphatic rings. The molecule has 4 N–H and O–H groups in total. The van der Waals surface area contributed by atoms with E-state index in [2.05, 4.69) is 15.4 Å². The minimum Gasteiger partial charge on any atom is -0.389 e. The van der Waals surface area contributed by atoms with Crippen molar-refractivity contribution < 1.29 is 14.6 Å². The quantitative estimate of drug-likeness (QED) is 0.478. The van der Waals surface area contributed by atoms with E-state index >= 15 is 0 Å². The topological polar surface area (TPSA) is 114 Å². The molecule has 1 aromatic rings. The minimum atomic E-state index is -0.760. The molecule has 0 aromatic carbocycles. The van der Waals surface area contributed by atoms with Gasteiger partial charge in [-0.15, -0.1) is 0 Å². The summed E-state index contributed by atoms with van der Waals surface area (Å²) in [7, 11) is 3.07. The summed E-state index contributed by atoms with van der Waals surface area (Å²) in [6.07, 6.45) is 0.722. The minimum absolute atomic E-state index is 0.0905. The number of hydrogen-bond donors (Lipinski definition) is 3. The number of likely N-dealkylation sites (N-methyl/N-ethyl adjacent to an activating group) is 1. The lowest BCUT2D eigenvalue weighted by molar-refractivity contribution is 0.0378. The van der Waals surface area contributed by atoms with Crippen LogP contribution in [0.3, 0.4) is 0 Å². The summed E-state index contributed by atoms with van der Waals surface area (Å²) < 4.78 is 4.84. The number of nitrogen functional groups attached to an aromatic ring is 1. The molecule has 8 heteroatoms. The van der Waals surface area contributed by atoms with Crippen LogP contribution in [0.1, 0.15) is 36.1 Å². The summed E-state index contributed by atoms with van der Waals surface area (Å²) in [4.78, 5) is 22.2. The summed E-state index contributed by atoms with van der Waals surface area (Å²) in [6.45, 7) is 4.16. The molecule has 0 saturated heterocycles. The number of aliphatic hydroxyl groups excluding tert-OH is 1. The van der Waals surface area contributed by atoms with Crippen molar-refractivity contribution in [2.24, 2.45) is 5.84 Å². The highest BCUT2D eigenvalue weighted by atomic mass is 16.5. The number of ether oxygens (including phenoxy) is 1. The molecular formula is C13H23N5O3. The summed E-state index contributed by atoms with van der Waals surface area (Å²) in [6, 6.07) is 0. The SMILES string of the molecule is COCC(O)CN(C)C(=O)c1nc(C(C)C)ncc1NN. The van der Waals surface area contributed by atoms with Crippen molar-refractivity contribution in [3.63, 3.8) is 0 Å². The molecule has 1 heterocycles. The molecule has 0 fully saturated rings. The number of methoxy groups -OCH3 is 1. The lowest BCUT2D eigenvalue weighted by Crippen LogP contribution is -2.37. The highest BCUT2D eigenvalue weighted by Crippen LogP contribution is 2.17. The van der Waals surface area contributed by atoms with Crippen LogP contribution in [0.15, 0.2) is 6.20 Å². The van der Waals surface area contributed by atoms with E-state index in [1.807, 2.05) is 13.8 Å². The van der Waals surface area contributed by atoms with Gasteiger partial charge in [0.25, 0.3) is 5.91 Å². The first kappa shape index (κ1) is 17.3. The molecule has 0 aliphatic carbocycles. The molecule has 1 aromatic heterocycles. The number of rotatable bonds is 7. The maximum atomic E-state index is 12.4. The molecule has 0 radical (unpaired) electrons. The van der Waals surface area contributed by atoms with Crippen LogP contribution in [0, 0.1) is 0 Å². The summed E-state index contributed by atoms with van der Waals surface area (Å²) in [5.74, 6) is 5.70. The van der Waals surface area contributed by atoms with Crippen LogP contribution in [0.2, 0.25) is 0 Å². The van der Waals surface area contributed by atoms with E-state index < -0.39 is 6.10 Å². The van der Waals surface area contributed by atoms with Crippen molar-refractivity contribution in [1.29, 1.82) is 0 Å². The van der Waals surface area contributed by atoms with Gasteiger partial charge in [0.05, 0.1) is 24.6 Å². The third-order valence-electron chi connectivity index (χ3n) is 2.87. The van der Waals surface area contributed by atoms with Gasteiger partial charge >= 0.3 is 0 Å². The number of anilines is 1. The first-order valence-electron chi connectivity index (χ1n) is 6.66. The molecule has 0 saturated carbocycles. The average Bonchev–Trinajstić information content (AvgIpc) is 2.45. The van der Waals surface area contributed by atoms with E-state index in [0.717, 1.165) is 0 Å². The molecule has 0 spiro atoms. The standard InChI is InChI=1S/C13H23N5O3/c1-8(2)12-15-5-10(17-14)11(16-12)13(20)18(3)6-9(19)7-21-4/h5,8-9,17,19H,6-7,14H2,1-4H3. The van der Waals surface area contributed by atoms with Crippen LogP contribution in [0.25, 0.3) is 0 Å². The van der Waals surface area contributed by atoms with E-state index in [-0.39, 0.29) is 30.7 Å². The Balaban J connectivity index is 2.96. The molecule has 1 amide bonds. The molecule has 21 heavy (non-hydrogen) atoms. The van der Waals surface area contributed by atoms with Crippen LogP contribution in [0.5, 0.6) is 0 Å². The lowest BCUT2D eigenvalue weighted by atomic mass is 10.2. The number of carbonyl (C=O) groups is 1. The van der Waals surface area contributed by atoms with Gasteiger partial charge in [0.1, 0.15) is 5.82 Å². The molecule has 118 valence electrons. The Labute approximate surface area is 124 Å². The number of nitrogens with zero attached hydrogens (tertiary/aromatic N) is 3. The summed E-state index contributed by atoms with van der Waals surface area (Å²) >= 11 is 0. The zero-order valence-corrected chi connectivity index (χ0v) is 12.8. The highest BCUT2D eigenvalue weighted by Gasteiger charge is 2.21. The summed E-state index contributed by atoms with van der Waals surface area (Å²) in [5, 5.41) is 9.69. The zero-order chi connectivity index (χ0) is 16.0. The van der Waals surface area contributed by atoms with E-state index in [1.165, 1.54) is 18.2 Å². The second kappa shape index (κ2) is 7.87. The second-order valence-electron chi connectivity index (χ2n) is 5.08. The van der Waals surface area contributed by atoms with Gasteiger partial charge in [0.15, 0.2) is 5.69 Å². The fourth-order valence-electron chi connectivity index (χ4n) is 1.77. The number of aromatic nitrogens is 2. The van der Waals surface area contributed by atoms with Crippen molar-refractivity contribution in [3.8, 4) is 0 Å². The monoisotopic (exact) mass is 297 g/mol. The Hall–Kier alpha value is -1.77. The van der Waals surface area contributed by atoms with E-state index in [0.29, 0.717) is 11.5 Å². The largest absolute Gasteiger partial charge is 0.389 e. The van der Waals surface area contributed by atoms with Gasteiger partial charge in [-0.3, -0.25) is 10.6 Å². The van der Waals surface area contributed by atoms with Crippen molar-refractivity contribution in [1.82, 2.24) is 14.9 Å². The molecule has 1 rings (SSSR count). The van der Waals surface area contributed by atoms with Gasteiger partial charge in [-0.2, -0.15) is 0 Å². The number of carbonyl (C=O) groups excluding carboxylic acids is 1. The maximum absolute atomic E-state index is 12.4. The van der Waals surface area contributed by atoms with E-state index in [4.69, 9.17) is 10.6 Å².